The highest BCUT2D eigenvalue weighted by atomic mass is 32.2. The zero-order valence-electron chi connectivity index (χ0n) is 14.3. The van der Waals surface area contributed by atoms with Crippen LogP contribution in [0.5, 0.6) is 0 Å². The molecule has 1 unspecified atom stereocenters. The van der Waals surface area contributed by atoms with Crippen molar-refractivity contribution < 1.29 is 14.4 Å². The minimum Gasteiger partial charge on any atom is -0.318 e. The van der Waals surface area contributed by atoms with Crippen LogP contribution < -0.4 is 16.6 Å². The Morgan fingerprint density at radius 3 is 2.33 bits per heavy atom. The van der Waals surface area contributed by atoms with E-state index in [1.165, 1.54) is 23.9 Å². The summed E-state index contributed by atoms with van der Waals surface area (Å²) in [5.41, 5.74) is -1.18. The molecule has 0 saturated carbocycles. The number of amides is 3. The second-order valence-corrected chi connectivity index (χ2v) is 6.78. The van der Waals surface area contributed by atoms with Crippen LogP contribution in [0.2, 0.25) is 0 Å². The molecule has 1 aromatic heterocycles. The minimum atomic E-state index is -1.09. The number of fused-ring (bicyclic) bond motifs is 1. The number of aromatic nitrogens is 2. The van der Waals surface area contributed by atoms with E-state index in [0.717, 1.165) is 11.1 Å². The topological polar surface area (TPSA) is 132 Å². The lowest BCUT2D eigenvalue weighted by Gasteiger charge is -2.25. The van der Waals surface area contributed by atoms with Gasteiger partial charge in [-0.2, -0.15) is 11.8 Å². The van der Waals surface area contributed by atoms with Crippen LogP contribution >= 0.6 is 11.8 Å². The summed E-state index contributed by atoms with van der Waals surface area (Å²) in [5.74, 6) is -1.26. The number of benzene rings is 1. The monoisotopic (exact) mass is 388 g/mol. The second kappa shape index (κ2) is 7.62. The quantitative estimate of drug-likeness (QED) is 0.615. The zero-order valence-corrected chi connectivity index (χ0v) is 15.1. The largest absolute Gasteiger partial charge is 0.325 e. The Morgan fingerprint density at radius 1 is 1.15 bits per heavy atom. The fourth-order valence-corrected chi connectivity index (χ4v) is 3.28. The Bertz CT molecular complexity index is 993. The van der Waals surface area contributed by atoms with E-state index in [-0.39, 0.29) is 23.2 Å². The van der Waals surface area contributed by atoms with Gasteiger partial charge in [-0.3, -0.25) is 29.1 Å². The highest BCUT2D eigenvalue weighted by molar-refractivity contribution is 7.98. The Kier molecular flexibility index (Phi) is 5.26. The molecule has 10 heteroatoms. The first-order valence-corrected chi connectivity index (χ1v) is 9.42. The van der Waals surface area contributed by atoms with E-state index in [2.05, 4.69) is 10.3 Å². The first-order chi connectivity index (χ1) is 12.9. The van der Waals surface area contributed by atoms with Gasteiger partial charge in [-0.15, -0.1) is 0 Å². The number of hydrogen-bond acceptors (Lipinski definition) is 6. The van der Waals surface area contributed by atoms with Crippen LogP contribution in [0.15, 0.2) is 40.1 Å². The molecule has 0 saturated heterocycles. The lowest BCUT2D eigenvalue weighted by molar-refractivity contribution is -0.120. The van der Waals surface area contributed by atoms with Crippen LogP contribution in [0.1, 0.15) is 27.1 Å². The molecule has 3 rings (SSSR count). The van der Waals surface area contributed by atoms with Crippen molar-refractivity contribution in [1.29, 1.82) is 0 Å². The maximum Gasteiger partial charge on any atom is 0.325 e. The van der Waals surface area contributed by atoms with E-state index >= 15 is 0 Å². The number of nitrogens with one attached hydrogen (secondary N) is 3. The highest BCUT2D eigenvalue weighted by Gasteiger charge is 2.42. The Morgan fingerprint density at radius 2 is 1.78 bits per heavy atom. The van der Waals surface area contributed by atoms with Gasteiger partial charge >= 0.3 is 5.69 Å². The third kappa shape index (κ3) is 3.56. The molecule has 0 spiro atoms. The lowest BCUT2D eigenvalue weighted by atomic mass is 10.1. The van der Waals surface area contributed by atoms with E-state index in [9.17, 15) is 24.0 Å². The summed E-state index contributed by atoms with van der Waals surface area (Å²) < 4.78 is 0. The number of nitrogens with zero attached hydrogens (tertiary/aromatic N) is 1. The van der Waals surface area contributed by atoms with Crippen molar-refractivity contribution in [1.82, 2.24) is 14.9 Å². The fourth-order valence-electron chi connectivity index (χ4n) is 2.82. The van der Waals surface area contributed by atoms with E-state index in [1.54, 1.807) is 12.1 Å². The third-order valence-corrected chi connectivity index (χ3v) is 4.76. The van der Waals surface area contributed by atoms with Crippen LogP contribution in [-0.2, 0) is 4.79 Å². The van der Waals surface area contributed by atoms with Crippen LogP contribution in [-0.4, -0.2) is 50.6 Å². The summed E-state index contributed by atoms with van der Waals surface area (Å²) in [6, 6.07) is 5.27. The van der Waals surface area contributed by atoms with Gasteiger partial charge in [0.05, 0.1) is 11.1 Å². The number of aromatic amines is 2. The average Bonchev–Trinajstić information content (AvgIpc) is 2.90. The van der Waals surface area contributed by atoms with E-state index < -0.39 is 35.0 Å². The van der Waals surface area contributed by atoms with Crippen molar-refractivity contribution >= 4 is 35.2 Å². The van der Waals surface area contributed by atoms with Crippen molar-refractivity contribution in [3.63, 3.8) is 0 Å². The minimum absolute atomic E-state index is 0.176. The van der Waals surface area contributed by atoms with Gasteiger partial charge in [-0.05, 0) is 30.6 Å². The van der Waals surface area contributed by atoms with Crippen molar-refractivity contribution in [2.75, 3.05) is 17.3 Å². The molecular weight excluding hydrogens is 372 g/mol. The van der Waals surface area contributed by atoms with E-state index in [4.69, 9.17) is 0 Å². The first kappa shape index (κ1) is 18.6. The first-order valence-electron chi connectivity index (χ1n) is 8.02. The van der Waals surface area contributed by atoms with Gasteiger partial charge in [0.25, 0.3) is 17.4 Å². The molecule has 3 N–H and O–H groups in total. The molecule has 0 bridgehead atoms. The van der Waals surface area contributed by atoms with Gasteiger partial charge in [0.15, 0.2) is 0 Å². The number of carbonyl (C=O) groups excluding carboxylic acids is 3. The number of rotatable bonds is 6. The lowest BCUT2D eigenvalue weighted by Crippen LogP contribution is -2.48. The number of carbonyl (C=O) groups is 3. The van der Waals surface area contributed by atoms with Gasteiger partial charge in [0.2, 0.25) is 5.91 Å². The van der Waals surface area contributed by atoms with Crippen molar-refractivity contribution in [2.24, 2.45) is 0 Å². The Hall–Kier alpha value is -3.14. The summed E-state index contributed by atoms with van der Waals surface area (Å²) in [6.07, 6.45) is 3.12. The molecule has 140 valence electrons. The molecule has 0 fully saturated rings. The van der Waals surface area contributed by atoms with Crippen LogP contribution in [0.4, 0.5) is 5.69 Å². The smallest absolute Gasteiger partial charge is 0.318 e. The summed E-state index contributed by atoms with van der Waals surface area (Å²) in [7, 11) is 0. The SMILES string of the molecule is CSCCC(C(=O)Nc1c[nH]c(=O)[nH]c1=O)N1C(=O)c2ccccc2C1=O. The molecule has 2 aromatic rings. The average molecular weight is 388 g/mol. The highest BCUT2D eigenvalue weighted by Crippen LogP contribution is 2.26. The summed E-state index contributed by atoms with van der Waals surface area (Å²) in [6.45, 7) is 0. The van der Waals surface area contributed by atoms with E-state index in [0.29, 0.717) is 5.75 Å². The van der Waals surface area contributed by atoms with Gasteiger partial charge in [0.1, 0.15) is 11.7 Å². The predicted molar refractivity (Wildman–Crippen MR) is 100 cm³/mol. The second-order valence-electron chi connectivity index (χ2n) is 5.80. The summed E-state index contributed by atoms with van der Waals surface area (Å²) >= 11 is 1.46. The number of imide groups is 1. The van der Waals surface area contributed by atoms with Gasteiger partial charge in [-0.25, -0.2) is 4.79 Å². The molecule has 1 atom stereocenters. The maximum atomic E-state index is 12.8. The van der Waals surface area contributed by atoms with Gasteiger partial charge in [0, 0.05) is 6.20 Å². The van der Waals surface area contributed by atoms with E-state index in [1.807, 2.05) is 11.2 Å². The number of hydrogen-bond donors (Lipinski definition) is 3. The van der Waals surface area contributed by atoms with Crippen LogP contribution in [0.25, 0.3) is 0 Å². The number of anilines is 1. The Labute approximate surface area is 157 Å². The number of thioether (sulfide) groups is 1. The van der Waals surface area contributed by atoms with Gasteiger partial charge in [-0.1, -0.05) is 12.1 Å². The van der Waals surface area contributed by atoms with Crippen LogP contribution in [0, 0.1) is 0 Å². The maximum absolute atomic E-state index is 12.8. The normalized spacial score (nSPS) is 14.2. The molecule has 1 aromatic carbocycles. The molecule has 1 aliphatic heterocycles. The molecule has 27 heavy (non-hydrogen) atoms. The zero-order chi connectivity index (χ0) is 19.6. The third-order valence-electron chi connectivity index (χ3n) is 4.11. The standard InChI is InChI=1S/C17H16N4O5S/c1-27-7-6-12(14(23)19-11-8-18-17(26)20-13(11)22)21-15(24)9-4-2-3-5-10(9)16(21)25/h2-5,8,12H,6-7H2,1H3,(H,19,23)(H2,18,20,22,26). The summed E-state index contributed by atoms with van der Waals surface area (Å²) in [5, 5.41) is 2.38. The molecule has 2 heterocycles. The molecule has 1 aliphatic rings. The molecule has 0 aliphatic carbocycles. The predicted octanol–water partition coefficient (Wildman–Crippen LogP) is 0.420. The van der Waals surface area contributed by atoms with Crippen molar-refractivity contribution in [3.8, 4) is 0 Å². The van der Waals surface area contributed by atoms with Gasteiger partial charge < -0.3 is 10.3 Å². The molecule has 3 amide bonds. The van der Waals surface area contributed by atoms with Crippen molar-refractivity contribution in [3.05, 3.63) is 62.4 Å². The van der Waals surface area contributed by atoms with Crippen LogP contribution in [0.3, 0.4) is 0 Å². The molecule has 0 radical (unpaired) electrons. The molecular formula is C17H16N4O5S. The number of H-pyrrole nitrogens is 2. The van der Waals surface area contributed by atoms with Crippen molar-refractivity contribution in [2.45, 2.75) is 12.5 Å². The Balaban J connectivity index is 1.91. The fraction of sp³-hybridized carbons (Fsp3) is 0.235. The summed E-state index contributed by atoms with van der Waals surface area (Å²) in [4.78, 5) is 66.2. The molecule has 9 nitrogen and oxygen atoms in total.